The summed E-state index contributed by atoms with van der Waals surface area (Å²) in [7, 11) is 2.78. The van der Waals surface area contributed by atoms with E-state index in [9.17, 15) is 24.3 Å². The Hall–Kier alpha value is -3.96. The lowest BCUT2D eigenvalue weighted by Crippen LogP contribution is -2.53. The van der Waals surface area contributed by atoms with Crippen LogP contribution in [-0.4, -0.2) is 90.6 Å². The number of esters is 1. The molecule has 0 radical (unpaired) electrons. The van der Waals surface area contributed by atoms with Crippen LogP contribution < -0.4 is 15.8 Å². The number of benzene rings is 2. The van der Waals surface area contributed by atoms with Gasteiger partial charge >= 0.3 is 5.97 Å². The minimum absolute atomic E-state index is 0.0385. The summed E-state index contributed by atoms with van der Waals surface area (Å²) < 4.78 is 10.00. The van der Waals surface area contributed by atoms with E-state index in [2.05, 4.69) is 10.1 Å². The molecule has 11 heteroatoms. The Morgan fingerprint density at radius 3 is 2.18 bits per heavy atom. The summed E-state index contributed by atoms with van der Waals surface area (Å²) in [5.41, 5.74) is 8.09. The highest BCUT2D eigenvalue weighted by Crippen LogP contribution is 2.17. The van der Waals surface area contributed by atoms with Gasteiger partial charge in [-0.25, -0.2) is 0 Å². The maximum absolute atomic E-state index is 14.2. The Balaban J connectivity index is 2.34. The van der Waals surface area contributed by atoms with Crippen LogP contribution in [0.15, 0.2) is 54.6 Å². The largest absolute Gasteiger partial charge is 0.497 e. The third-order valence-electron chi connectivity index (χ3n) is 7.44. The van der Waals surface area contributed by atoms with Crippen molar-refractivity contribution in [3.05, 3.63) is 65.7 Å². The van der Waals surface area contributed by atoms with Gasteiger partial charge in [0.05, 0.1) is 26.7 Å². The molecule has 0 fully saturated rings. The number of aliphatic hydroxyl groups is 1. The second-order valence-corrected chi connectivity index (χ2v) is 11.1. The van der Waals surface area contributed by atoms with Crippen molar-refractivity contribution in [1.82, 2.24) is 15.1 Å². The molecule has 45 heavy (non-hydrogen) atoms. The molecule has 2 aromatic carbocycles. The third-order valence-corrected chi connectivity index (χ3v) is 7.44. The molecule has 0 aromatic heterocycles. The summed E-state index contributed by atoms with van der Waals surface area (Å²) in [6, 6.07) is 15.0. The highest BCUT2D eigenvalue weighted by molar-refractivity contribution is 5.89. The number of aliphatic hydroxyl groups excluding tert-OH is 1. The molecule has 0 heterocycles. The number of hydrogen-bond acceptors (Lipinski definition) is 8. The minimum Gasteiger partial charge on any atom is -0.497 e. The summed E-state index contributed by atoms with van der Waals surface area (Å²) in [6.07, 6.45) is 0.675. The average Bonchev–Trinajstić information content (AvgIpc) is 3.05. The molecule has 3 atom stereocenters. The Bertz CT molecular complexity index is 1200. The van der Waals surface area contributed by atoms with Gasteiger partial charge in [-0.15, -0.1) is 0 Å². The fourth-order valence-electron chi connectivity index (χ4n) is 5.00. The van der Waals surface area contributed by atoms with Gasteiger partial charge in [-0.2, -0.15) is 0 Å². The fraction of sp³-hybridized carbons (Fsp3) is 0.529. The summed E-state index contributed by atoms with van der Waals surface area (Å²) in [5, 5.41) is 13.9. The van der Waals surface area contributed by atoms with Crippen LogP contribution in [0.5, 0.6) is 5.75 Å². The van der Waals surface area contributed by atoms with E-state index in [1.165, 1.54) is 12.0 Å². The van der Waals surface area contributed by atoms with Crippen molar-refractivity contribution in [2.45, 2.75) is 83.5 Å². The molecule has 3 amide bonds. The van der Waals surface area contributed by atoms with E-state index in [1.807, 2.05) is 50.2 Å². The van der Waals surface area contributed by atoms with Crippen LogP contribution in [0.25, 0.3) is 0 Å². The fourth-order valence-corrected chi connectivity index (χ4v) is 5.00. The number of amides is 3. The lowest BCUT2D eigenvalue weighted by molar-refractivity contribution is -0.142. The maximum atomic E-state index is 14.2. The second kappa shape index (κ2) is 20.1. The third kappa shape index (κ3) is 13.3. The van der Waals surface area contributed by atoms with Gasteiger partial charge in [-0.05, 0) is 48.9 Å². The molecule has 0 unspecified atom stereocenters. The molecular weight excluding hydrogens is 576 g/mol. The first-order valence-corrected chi connectivity index (χ1v) is 15.6. The van der Waals surface area contributed by atoms with Gasteiger partial charge in [0.15, 0.2) is 0 Å². The lowest BCUT2D eigenvalue weighted by Gasteiger charge is -2.32. The zero-order valence-corrected chi connectivity index (χ0v) is 27.1. The number of rotatable bonds is 20. The molecule has 2 aromatic rings. The minimum atomic E-state index is -1.08. The first-order chi connectivity index (χ1) is 21.6. The van der Waals surface area contributed by atoms with Crippen LogP contribution >= 0.6 is 0 Å². The first kappa shape index (κ1) is 37.2. The Morgan fingerprint density at radius 1 is 0.889 bits per heavy atom. The maximum Gasteiger partial charge on any atom is 0.306 e. The van der Waals surface area contributed by atoms with Gasteiger partial charge in [0.1, 0.15) is 11.8 Å². The molecule has 248 valence electrons. The predicted octanol–water partition coefficient (Wildman–Crippen LogP) is 2.82. The van der Waals surface area contributed by atoms with Gasteiger partial charge in [-0.1, -0.05) is 56.3 Å². The number of carbonyl (C=O) groups excluding carboxylic acids is 4. The average molecular weight is 627 g/mol. The number of ether oxygens (including phenoxy) is 2. The van der Waals surface area contributed by atoms with Gasteiger partial charge in [0, 0.05) is 45.1 Å². The van der Waals surface area contributed by atoms with Crippen LogP contribution in [0.4, 0.5) is 0 Å². The van der Waals surface area contributed by atoms with Gasteiger partial charge in [0.2, 0.25) is 17.7 Å². The van der Waals surface area contributed by atoms with Gasteiger partial charge < -0.3 is 35.4 Å². The van der Waals surface area contributed by atoms with Crippen LogP contribution in [-0.2, 0) is 36.9 Å². The Labute approximate surface area is 267 Å². The molecule has 2 rings (SSSR count). The molecular formula is C34H50N4O7. The topological polar surface area (TPSA) is 152 Å². The van der Waals surface area contributed by atoms with Gasteiger partial charge in [-0.3, -0.25) is 19.2 Å². The molecule has 0 saturated heterocycles. The van der Waals surface area contributed by atoms with Crippen molar-refractivity contribution in [1.29, 1.82) is 0 Å². The molecule has 0 saturated carbocycles. The molecule has 0 bridgehead atoms. The van der Waals surface area contributed by atoms with E-state index in [1.54, 1.807) is 30.2 Å². The Morgan fingerprint density at radius 2 is 1.56 bits per heavy atom. The van der Waals surface area contributed by atoms with E-state index < -0.39 is 36.0 Å². The lowest BCUT2D eigenvalue weighted by atomic mass is 10.0. The van der Waals surface area contributed by atoms with Crippen LogP contribution in [0.3, 0.4) is 0 Å². The second-order valence-electron chi connectivity index (χ2n) is 11.1. The molecule has 0 spiro atoms. The number of hydrogen-bond donors (Lipinski definition) is 3. The monoisotopic (exact) mass is 626 g/mol. The van der Waals surface area contributed by atoms with Crippen molar-refractivity contribution < 1.29 is 33.8 Å². The number of carbonyl (C=O) groups is 4. The van der Waals surface area contributed by atoms with Crippen LogP contribution in [0.2, 0.25) is 0 Å². The van der Waals surface area contributed by atoms with Crippen molar-refractivity contribution in [3.63, 3.8) is 0 Å². The number of methoxy groups -OCH3 is 2. The van der Waals surface area contributed by atoms with Crippen LogP contribution in [0.1, 0.15) is 63.5 Å². The first-order valence-electron chi connectivity index (χ1n) is 15.6. The number of nitrogens with one attached hydrogen (secondary N) is 1. The summed E-state index contributed by atoms with van der Waals surface area (Å²) in [4.78, 5) is 55.1. The van der Waals surface area contributed by atoms with E-state index in [-0.39, 0.29) is 44.7 Å². The standard InChI is InChI=1S/C34H50N4O7/c1-5-19-37(20-6-2)32(41)17-15-29(36-31(40)16-18-33(42)45-4)34(43)38(23-26-13-10-14-27(21-26)44-3)24-30(39)28(35)22-25-11-8-7-9-12-25/h7-14,21,28-30,39H,5-6,15-20,22-24,35H2,1-4H3,(H,36,40)/t28-,29+,30+/m0/s1. The molecule has 0 aliphatic rings. The quantitative estimate of drug-likeness (QED) is 0.190. The van der Waals surface area contributed by atoms with E-state index in [0.29, 0.717) is 25.3 Å². The Kier molecular flexibility index (Phi) is 16.7. The van der Waals surface area contributed by atoms with Crippen molar-refractivity contribution in [2.75, 3.05) is 33.9 Å². The van der Waals surface area contributed by atoms with E-state index in [4.69, 9.17) is 10.5 Å². The van der Waals surface area contributed by atoms with E-state index in [0.717, 1.165) is 24.0 Å². The van der Waals surface area contributed by atoms with E-state index >= 15 is 0 Å². The summed E-state index contributed by atoms with van der Waals surface area (Å²) >= 11 is 0. The summed E-state index contributed by atoms with van der Waals surface area (Å²) in [5.74, 6) is -1.04. The highest BCUT2D eigenvalue weighted by Gasteiger charge is 2.30. The normalized spacial score (nSPS) is 12.8. The SMILES string of the molecule is CCCN(CCC)C(=O)CC[C@@H](NC(=O)CCC(=O)OC)C(=O)N(Cc1cccc(OC)c1)C[C@@H](O)[C@@H](N)Cc1ccccc1. The zero-order valence-electron chi connectivity index (χ0n) is 27.1. The van der Waals surface area contributed by atoms with Crippen molar-refractivity contribution >= 4 is 23.7 Å². The summed E-state index contributed by atoms with van der Waals surface area (Å²) in [6.45, 7) is 5.19. The molecule has 11 nitrogen and oxygen atoms in total. The zero-order chi connectivity index (χ0) is 33.2. The highest BCUT2D eigenvalue weighted by atomic mass is 16.5. The molecule has 4 N–H and O–H groups in total. The molecule has 0 aliphatic carbocycles. The molecule has 0 aliphatic heterocycles. The van der Waals surface area contributed by atoms with Gasteiger partial charge in [0.25, 0.3) is 0 Å². The predicted molar refractivity (Wildman–Crippen MR) is 172 cm³/mol. The van der Waals surface area contributed by atoms with Crippen molar-refractivity contribution in [2.24, 2.45) is 5.73 Å². The van der Waals surface area contributed by atoms with Crippen molar-refractivity contribution in [3.8, 4) is 5.75 Å². The smallest absolute Gasteiger partial charge is 0.306 e. The number of nitrogens with zero attached hydrogens (tertiary/aromatic N) is 2. The number of nitrogens with two attached hydrogens (primary N) is 1. The van der Waals surface area contributed by atoms with Crippen LogP contribution in [0, 0.1) is 0 Å².